The summed E-state index contributed by atoms with van der Waals surface area (Å²) in [5, 5.41) is 0.859. The van der Waals surface area contributed by atoms with Gasteiger partial charge in [0.25, 0.3) is 0 Å². The van der Waals surface area contributed by atoms with E-state index in [1.165, 1.54) is 6.08 Å². The molecule has 1 aromatic rings. The Morgan fingerprint density at radius 1 is 1.10 bits per heavy atom. The molecule has 0 saturated carbocycles. The van der Waals surface area contributed by atoms with Gasteiger partial charge in [-0.15, -0.1) is 0 Å². The molecule has 0 unspecified atom stereocenters. The van der Waals surface area contributed by atoms with Crippen molar-refractivity contribution in [1.82, 2.24) is 4.90 Å². The Bertz CT molecular complexity index is 586. The van der Waals surface area contributed by atoms with Crippen LogP contribution in [0.4, 0.5) is 0 Å². The maximum absolute atomic E-state index is 11.9. The Balaban J connectivity index is 2.89. The molecule has 0 fully saturated rings. The molecule has 0 aliphatic heterocycles. The summed E-state index contributed by atoms with van der Waals surface area (Å²) in [5.74, 6) is -2.10. The van der Waals surface area contributed by atoms with Gasteiger partial charge in [0.1, 0.15) is 13.1 Å². The van der Waals surface area contributed by atoms with E-state index in [1.807, 2.05) is 0 Å². The number of hydrogen-bond acceptors (Lipinski definition) is 3. The molecule has 8 heteroatoms. The molecule has 1 aromatic carbocycles. The lowest BCUT2D eigenvalue weighted by Crippen LogP contribution is -2.42. The predicted octanol–water partition coefficient (Wildman–Crippen LogP) is 0.806. The normalized spacial score (nSPS) is 10.6. The fourth-order valence-electron chi connectivity index (χ4n) is 1.50. The number of hydrogen-bond donors (Lipinski definition) is 2. The number of amides is 3. The predicted molar refractivity (Wildman–Crippen MR) is 80.5 cm³/mol. The Morgan fingerprint density at radius 2 is 1.67 bits per heavy atom. The molecule has 0 bridgehead atoms. The molecule has 1 rings (SSSR count). The van der Waals surface area contributed by atoms with Gasteiger partial charge < -0.3 is 16.4 Å². The molecule has 112 valence electrons. The van der Waals surface area contributed by atoms with Gasteiger partial charge in [-0.3, -0.25) is 14.4 Å². The van der Waals surface area contributed by atoms with Crippen LogP contribution in [0.5, 0.6) is 0 Å². The van der Waals surface area contributed by atoms with Crippen molar-refractivity contribution < 1.29 is 14.4 Å². The first-order chi connectivity index (χ1) is 9.79. The van der Waals surface area contributed by atoms with Crippen LogP contribution in [0.3, 0.4) is 0 Å². The van der Waals surface area contributed by atoms with Gasteiger partial charge in [-0.05, 0) is 29.8 Å². The highest BCUT2D eigenvalue weighted by Crippen LogP contribution is 2.21. The van der Waals surface area contributed by atoms with Crippen molar-refractivity contribution in [2.75, 3.05) is 13.1 Å². The molecule has 0 radical (unpaired) electrons. The third-order valence-electron chi connectivity index (χ3n) is 2.37. The quantitative estimate of drug-likeness (QED) is 0.754. The largest absolute Gasteiger partial charge is 0.368 e. The summed E-state index contributed by atoms with van der Waals surface area (Å²) in [5.41, 5.74) is 10.5. The number of nitrogens with zero attached hydrogens (tertiary/aromatic N) is 1. The third kappa shape index (κ3) is 5.85. The van der Waals surface area contributed by atoms with Crippen molar-refractivity contribution in [2.24, 2.45) is 11.5 Å². The molecule has 6 nitrogen and oxygen atoms in total. The van der Waals surface area contributed by atoms with E-state index in [2.05, 4.69) is 0 Å². The zero-order valence-corrected chi connectivity index (χ0v) is 12.4. The zero-order chi connectivity index (χ0) is 16.0. The topological polar surface area (TPSA) is 106 Å². The number of nitrogens with two attached hydrogens (primary N) is 2. The highest BCUT2D eigenvalue weighted by molar-refractivity contribution is 6.34. The average molecular weight is 330 g/mol. The number of carbonyl (C=O) groups excluding carboxylic acids is 3. The second-order valence-electron chi connectivity index (χ2n) is 4.13. The van der Waals surface area contributed by atoms with Gasteiger partial charge in [-0.25, -0.2) is 0 Å². The summed E-state index contributed by atoms with van der Waals surface area (Å²) < 4.78 is 0. The van der Waals surface area contributed by atoms with E-state index >= 15 is 0 Å². The Morgan fingerprint density at radius 3 is 2.19 bits per heavy atom. The van der Waals surface area contributed by atoms with Crippen LogP contribution in [-0.2, 0) is 14.4 Å². The van der Waals surface area contributed by atoms with Crippen molar-refractivity contribution in [3.05, 3.63) is 39.9 Å². The van der Waals surface area contributed by atoms with Gasteiger partial charge >= 0.3 is 0 Å². The van der Waals surface area contributed by atoms with Gasteiger partial charge in [0.15, 0.2) is 0 Å². The third-order valence-corrected chi connectivity index (χ3v) is 2.95. The van der Waals surface area contributed by atoms with Crippen LogP contribution in [0.1, 0.15) is 5.56 Å². The zero-order valence-electron chi connectivity index (χ0n) is 10.9. The molecule has 0 aromatic heterocycles. The lowest BCUT2D eigenvalue weighted by atomic mass is 10.2. The van der Waals surface area contributed by atoms with Crippen LogP contribution in [0.15, 0.2) is 24.3 Å². The molecule has 0 saturated heterocycles. The minimum atomic E-state index is -0.751. The monoisotopic (exact) mass is 329 g/mol. The van der Waals surface area contributed by atoms with Crippen molar-refractivity contribution in [2.45, 2.75) is 0 Å². The molecule has 0 aliphatic rings. The van der Waals surface area contributed by atoms with Crippen molar-refractivity contribution in [1.29, 1.82) is 0 Å². The molecule has 0 heterocycles. The lowest BCUT2D eigenvalue weighted by Gasteiger charge is -2.17. The van der Waals surface area contributed by atoms with E-state index in [9.17, 15) is 14.4 Å². The van der Waals surface area contributed by atoms with Gasteiger partial charge in [-0.2, -0.15) is 0 Å². The fourth-order valence-corrected chi connectivity index (χ4v) is 1.86. The summed E-state index contributed by atoms with van der Waals surface area (Å²) in [7, 11) is 0. The number of halogens is 2. The maximum atomic E-state index is 11.9. The number of primary amides is 2. The van der Waals surface area contributed by atoms with Gasteiger partial charge in [0.2, 0.25) is 17.7 Å². The summed E-state index contributed by atoms with van der Waals surface area (Å²) in [6, 6.07) is 4.76. The second kappa shape index (κ2) is 7.66. The summed E-state index contributed by atoms with van der Waals surface area (Å²) in [6.07, 6.45) is 2.58. The van der Waals surface area contributed by atoms with E-state index in [4.69, 9.17) is 34.7 Å². The van der Waals surface area contributed by atoms with Crippen LogP contribution in [0, 0.1) is 0 Å². The Kier molecular flexibility index (Phi) is 6.20. The van der Waals surface area contributed by atoms with E-state index in [0.29, 0.717) is 15.6 Å². The van der Waals surface area contributed by atoms with E-state index < -0.39 is 30.8 Å². The Hall–Kier alpha value is -2.05. The highest BCUT2D eigenvalue weighted by Gasteiger charge is 2.15. The first-order valence-electron chi connectivity index (χ1n) is 5.78. The van der Waals surface area contributed by atoms with E-state index in [1.54, 1.807) is 18.2 Å². The van der Waals surface area contributed by atoms with Crippen LogP contribution >= 0.6 is 23.2 Å². The van der Waals surface area contributed by atoms with Crippen molar-refractivity contribution in [3.63, 3.8) is 0 Å². The number of benzene rings is 1. The van der Waals surface area contributed by atoms with Crippen LogP contribution in [0.25, 0.3) is 6.08 Å². The summed E-state index contributed by atoms with van der Waals surface area (Å²) >= 11 is 11.8. The lowest BCUT2D eigenvalue weighted by molar-refractivity contribution is -0.134. The minimum absolute atomic E-state index is 0.403. The smallest absolute Gasteiger partial charge is 0.247 e. The molecule has 4 N–H and O–H groups in total. The SMILES string of the molecule is NC(=O)CN(CC(N)=O)C(=O)/C=C/c1cc(Cl)ccc1Cl. The standard InChI is InChI=1S/C13H13Cl2N3O3/c14-9-2-3-10(15)8(5-9)1-4-13(21)18(6-11(16)19)7-12(17)20/h1-5H,6-7H2,(H2,16,19)(H2,17,20)/b4-1+. The highest BCUT2D eigenvalue weighted by atomic mass is 35.5. The maximum Gasteiger partial charge on any atom is 0.247 e. The first kappa shape index (κ1) is 17.0. The molecule has 21 heavy (non-hydrogen) atoms. The number of carbonyl (C=O) groups is 3. The first-order valence-corrected chi connectivity index (χ1v) is 6.54. The fraction of sp³-hybridized carbons (Fsp3) is 0.154. The van der Waals surface area contributed by atoms with E-state index in [0.717, 1.165) is 11.0 Å². The molecule has 3 amide bonds. The number of rotatable bonds is 6. The summed E-state index contributed by atoms with van der Waals surface area (Å²) in [6.45, 7) is -0.815. The molecule has 0 aliphatic carbocycles. The van der Waals surface area contributed by atoms with Crippen molar-refractivity contribution in [3.8, 4) is 0 Å². The van der Waals surface area contributed by atoms with Gasteiger partial charge in [0, 0.05) is 16.1 Å². The molecule has 0 spiro atoms. The minimum Gasteiger partial charge on any atom is -0.368 e. The average Bonchev–Trinajstić information content (AvgIpc) is 2.37. The molecular weight excluding hydrogens is 317 g/mol. The second-order valence-corrected chi connectivity index (χ2v) is 4.97. The Labute approximate surface area is 131 Å². The van der Waals surface area contributed by atoms with Crippen LogP contribution < -0.4 is 11.5 Å². The van der Waals surface area contributed by atoms with Crippen molar-refractivity contribution >= 4 is 47.0 Å². The van der Waals surface area contributed by atoms with E-state index in [-0.39, 0.29) is 0 Å². The van der Waals surface area contributed by atoms with Crippen LogP contribution in [0.2, 0.25) is 10.0 Å². The molecule has 0 atom stereocenters. The van der Waals surface area contributed by atoms with Crippen LogP contribution in [-0.4, -0.2) is 35.7 Å². The summed E-state index contributed by atoms with van der Waals surface area (Å²) in [4.78, 5) is 34.6. The molecular formula is C13H13Cl2N3O3. The van der Waals surface area contributed by atoms with Gasteiger partial charge in [-0.1, -0.05) is 23.2 Å². The van der Waals surface area contributed by atoms with Gasteiger partial charge in [0.05, 0.1) is 0 Å².